The van der Waals surface area contributed by atoms with E-state index in [-0.39, 0.29) is 36.0 Å². The molecule has 0 aliphatic rings. The number of rotatable bonds is 7. The molecule has 0 bridgehead atoms. The van der Waals surface area contributed by atoms with E-state index in [1.807, 2.05) is 19.9 Å². The highest BCUT2D eigenvalue weighted by molar-refractivity contribution is 5.92. The van der Waals surface area contributed by atoms with E-state index in [0.717, 1.165) is 11.4 Å². The summed E-state index contributed by atoms with van der Waals surface area (Å²) in [7, 11) is 0. The van der Waals surface area contributed by atoms with E-state index < -0.39 is 0 Å². The Kier molecular flexibility index (Phi) is 5.31. The number of aryl methyl sites for hydroxylation is 1. The summed E-state index contributed by atoms with van der Waals surface area (Å²) >= 11 is 0. The number of nitrogens with zero attached hydrogens (tertiary/aromatic N) is 2. The van der Waals surface area contributed by atoms with Gasteiger partial charge in [0, 0.05) is 18.2 Å². The van der Waals surface area contributed by atoms with Crippen LogP contribution < -0.4 is 10.1 Å². The van der Waals surface area contributed by atoms with E-state index in [1.165, 1.54) is 30.5 Å². The Morgan fingerprint density at radius 2 is 2.15 bits per heavy atom. The topological polar surface area (TPSA) is 93.0 Å². The third kappa shape index (κ3) is 4.69. The zero-order valence-corrected chi connectivity index (χ0v) is 14.5. The van der Waals surface area contributed by atoms with Gasteiger partial charge < -0.3 is 14.5 Å². The predicted molar refractivity (Wildman–Crippen MR) is 91.2 cm³/mol. The summed E-state index contributed by atoms with van der Waals surface area (Å²) in [5.41, 5.74) is 2.03. The Hall–Kier alpha value is -3.16. The van der Waals surface area contributed by atoms with Crippen molar-refractivity contribution in [1.29, 1.82) is 0 Å². The average molecular weight is 358 g/mol. The molecule has 0 saturated carbocycles. The van der Waals surface area contributed by atoms with Gasteiger partial charge in [-0.15, -0.1) is 0 Å². The van der Waals surface area contributed by atoms with Crippen molar-refractivity contribution in [2.24, 2.45) is 0 Å². The lowest BCUT2D eigenvalue weighted by Crippen LogP contribution is -2.34. The first kappa shape index (κ1) is 17.7. The summed E-state index contributed by atoms with van der Waals surface area (Å²) in [6.45, 7) is 3.85. The highest BCUT2D eigenvalue weighted by Gasteiger charge is 2.16. The smallest absolute Gasteiger partial charge is 0.273 e. The van der Waals surface area contributed by atoms with Gasteiger partial charge in [0.1, 0.15) is 17.8 Å². The number of aromatic amines is 1. The largest absolute Gasteiger partial charge is 0.484 e. The first-order chi connectivity index (χ1) is 12.5. The second kappa shape index (κ2) is 7.81. The SMILES string of the molecule is Cc1cc(C[C@H](C)NC(=O)c2coc(COc3ccc(F)cc3)n2)n[nH]1. The van der Waals surface area contributed by atoms with E-state index >= 15 is 0 Å². The predicted octanol–water partition coefficient (Wildman–Crippen LogP) is 2.79. The standard InChI is InChI=1S/C18H19FN4O3/c1-11(7-14-8-12(2)22-23-14)20-18(24)16-9-26-17(21-16)10-25-15-5-3-13(19)4-6-15/h3-6,8-9,11H,7,10H2,1-2H3,(H,20,24)(H,22,23)/t11-/m0/s1. The highest BCUT2D eigenvalue weighted by atomic mass is 19.1. The van der Waals surface area contributed by atoms with Gasteiger partial charge in [0.05, 0.1) is 5.69 Å². The Morgan fingerprint density at radius 1 is 1.38 bits per heavy atom. The van der Waals surface area contributed by atoms with Crippen LogP contribution >= 0.6 is 0 Å². The zero-order chi connectivity index (χ0) is 18.5. The van der Waals surface area contributed by atoms with Crippen molar-refractivity contribution in [3.05, 3.63) is 65.4 Å². The zero-order valence-electron chi connectivity index (χ0n) is 14.5. The number of ether oxygens (including phenoxy) is 1. The van der Waals surface area contributed by atoms with Crippen molar-refractivity contribution in [3.63, 3.8) is 0 Å². The third-order valence-electron chi connectivity index (χ3n) is 3.61. The molecular formula is C18H19FN4O3. The number of H-pyrrole nitrogens is 1. The van der Waals surface area contributed by atoms with Crippen LogP contribution in [-0.4, -0.2) is 27.1 Å². The first-order valence-electron chi connectivity index (χ1n) is 8.14. The lowest BCUT2D eigenvalue weighted by molar-refractivity contribution is 0.0935. The number of amides is 1. The van der Waals surface area contributed by atoms with E-state index in [1.54, 1.807) is 0 Å². The minimum Gasteiger partial charge on any atom is -0.484 e. The lowest BCUT2D eigenvalue weighted by Gasteiger charge is -2.10. The normalized spacial score (nSPS) is 12.0. The molecule has 3 aromatic rings. The third-order valence-corrected chi connectivity index (χ3v) is 3.61. The van der Waals surface area contributed by atoms with Crippen molar-refractivity contribution in [2.45, 2.75) is 32.9 Å². The quantitative estimate of drug-likeness (QED) is 0.677. The molecule has 2 aromatic heterocycles. The molecule has 0 radical (unpaired) electrons. The van der Waals surface area contributed by atoms with Gasteiger partial charge in [-0.2, -0.15) is 5.10 Å². The minimum absolute atomic E-state index is 0.0427. The molecule has 0 unspecified atom stereocenters. The molecule has 0 aliphatic heterocycles. The number of carbonyl (C=O) groups is 1. The summed E-state index contributed by atoms with van der Waals surface area (Å²) in [5, 5.41) is 9.87. The maximum absolute atomic E-state index is 12.8. The molecule has 136 valence electrons. The van der Waals surface area contributed by atoms with Crippen molar-refractivity contribution in [2.75, 3.05) is 0 Å². The molecule has 0 saturated heterocycles. The van der Waals surface area contributed by atoms with E-state index in [2.05, 4.69) is 20.5 Å². The fourth-order valence-corrected chi connectivity index (χ4v) is 2.40. The molecule has 0 spiro atoms. The van der Waals surface area contributed by atoms with Gasteiger partial charge in [-0.3, -0.25) is 9.89 Å². The molecule has 1 atom stereocenters. The number of hydrogen-bond acceptors (Lipinski definition) is 5. The van der Waals surface area contributed by atoms with Gasteiger partial charge in [0.2, 0.25) is 5.89 Å². The van der Waals surface area contributed by atoms with Crippen LogP contribution in [0.1, 0.15) is 34.7 Å². The van der Waals surface area contributed by atoms with Crippen LogP contribution in [0.2, 0.25) is 0 Å². The fourth-order valence-electron chi connectivity index (χ4n) is 2.40. The van der Waals surface area contributed by atoms with Crippen LogP contribution in [0.25, 0.3) is 0 Å². The van der Waals surface area contributed by atoms with E-state index in [0.29, 0.717) is 12.2 Å². The molecule has 0 aliphatic carbocycles. The maximum atomic E-state index is 12.8. The van der Waals surface area contributed by atoms with Crippen molar-refractivity contribution < 1.29 is 18.3 Å². The molecule has 26 heavy (non-hydrogen) atoms. The molecule has 1 aromatic carbocycles. The maximum Gasteiger partial charge on any atom is 0.273 e. The van der Waals surface area contributed by atoms with Crippen LogP contribution in [0.3, 0.4) is 0 Å². The molecule has 8 heteroatoms. The van der Waals surface area contributed by atoms with Crippen molar-refractivity contribution >= 4 is 5.91 Å². The summed E-state index contributed by atoms with van der Waals surface area (Å²) < 4.78 is 23.5. The molecule has 7 nitrogen and oxygen atoms in total. The van der Waals surface area contributed by atoms with Gasteiger partial charge in [-0.05, 0) is 44.2 Å². The molecule has 3 rings (SSSR count). The number of oxazole rings is 1. The van der Waals surface area contributed by atoms with Crippen molar-refractivity contribution in [3.8, 4) is 5.75 Å². The van der Waals surface area contributed by atoms with E-state index in [9.17, 15) is 9.18 Å². The Labute approximate surface area is 149 Å². The van der Waals surface area contributed by atoms with Crippen LogP contribution in [0.5, 0.6) is 5.75 Å². The fraction of sp³-hybridized carbons (Fsp3) is 0.278. The van der Waals surface area contributed by atoms with Gasteiger partial charge in [0.25, 0.3) is 5.91 Å². The molecule has 1 amide bonds. The van der Waals surface area contributed by atoms with Gasteiger partial charge >= 0.3 is 0 Å². The number of aromatic nitrogens is 3. The second-order valence-corrected chi connectivity index (χ2v) is 5.99. The number of halogens is 1. The van der Waals surface area contributed by atoms with Crippen LogP contribution in [0.4, 0.5) is 4.39 Å². The number of nitrogens with one attached hydrogen (secondary N) is 2. The highest BCUT2D eigenvalue weighted by Crippen LogP contribution is 2.13. The van der Waals surface area contributed by atoms with Crippen molar-refractivity contribution in [1.82, 2.24) is 20.5 Å². The van der Waals surface area contributed by atoms with Crippen LogP contribution in [0, 0.1) is 12.7 Å². The van der Waals surface area contributed by atoms with Gasteiger partial charge in [-0.1, -0.05) is 0 Å². The van der Waals surface area contributed by atoms with Gasteiger partial charge in [0.15, 0.2) is 12.3 Å². The Bertz CT molecular complexity index is 873. The molecular weight excluding hydrogens is 339 g/mol. The molecule has 2 heterocycles. The summed E-state index contributed by atoms with van der Waals surface area (Å²) in [6, 6.07) is 7.43. The van der Waals surface area contributed by atoms with Gasteiger partial charge in [-0.25, -0.2) is 9.37 Å². The minimum atomic E-state index is -0.341. The van der Waals surface area contributed by atoms with Crippen LogP contribution in [0.15, 0.2) is 41.0 Å². The molecule has 2 N–H and O–H groups in total. The first-order valence-corrected chi connectivity index (χ1v) is 8.14. The average Bonchev–Trinajstić information content (AvgIpc) is 3.23. The number of carbonyl (C=O) groups excluding carboxylic acids is 1. The molecule has 0 fully saturated rings. The number of hydrogen-bond donors (Lipinski definition) is 2. The Morgan fingerprint density at radius 3 is 2.85 bits per heavy atom. The Balaban J connectivity index is 1.51. The monoisotopic (exact) mass is 358 g/mol. The summed E-state index contributed by atoms with van der Waals surface area (Å²) in [5.74, 6) is 0.0710. The van der Waals surface area contributed by atoms with E-state index in [4.69, 9.17) is 9.15 Å². The summed E-state index contributed by atoms with van der Waals surface area (Å²) in [6.07, 6.45) is 1.89. The second-order valence-electron chi connectivity index (χ2n) is 5.99. The number of benzene rings is 1. The van der Waals surface area contributed by atoms with Crippen LogP contribution in [-0.2, 0) is 13.0 Å². The summed E-state index contributed by atoms with van der Waals surface area (Å²) in [4.78, 5) is 16.3. The lowest BCUT2D eigenvalue weighted by atomic mass is 10.1.